The number of carbonyl (C=O) groups is 1. The molecule has 2 N–H and O–H groups in total. The molecule has 122 valence electrons. The van der Waals surface area contributed by atoms with E-state index in [1.165, 1.54) is 22.3 Å². The monoisotopic (exact) mass is 338 g/mol. The molecule has 5 nitrogen and oxygen atoms in total. The van der Waals surface area contributed by atoms with Crippen molar-refractivity contribution in [2.45, 2.75) is 25.8 Å². The lowest BCUT2D eigenvalue weighted by Gasteiger charge is -2.27. The van der Waals surface area contributed by atoms with E-state index in [-0.39, 0.29) is 5.91 Å². The van der Waals surface area contributed by atoms with Crippen LogP contribution in [0.2, 0.25) is 0 Å². The highest BCUT2D eigenvalue weighted by Crippen LogP contribution is 2.36. The van der Waals surface area contributed by atoms with Crippen LogP contribution in [0.1, 0.15) is 22.4 Å². The van der Waals surface area contributed by atoms with Crippen LogP contribution in [0.3, 0.4) is 0 Å². The van der Waals surface area contributed by atoms with E-state index in [1.54, 1.807) is 11.3 Å². The van der Waals surface area contributed by atoms with Crippen LogP contribution < -0.4 is 5.73 Å². The molecular formula is C18H18N4OS. The summed E-state index contributed by atoms with van der Waals surface area (Å²) in [4.78, 5) is 25.0. The van der Waals surface area contributed by atoms with Crippen LogP contribution in [0, 0.1) is 0 Å². The molecule has 1 aliphatic rings. The number of nitrogen functional groups attached to an aromatic ring is 1. The number of hydrogen-bond acceptors (Lipinski definition) is 5. The minimum Gasteiger partial charge on any atom is -0.383 e. The molecule has 6 heteroatoms. The Morgan fingerprint density at radius 3 is 2.92 bits per heavy atom. The van der Waals surface area contributed by atoms with Gasteiger partial charge in [0.25, 0.3) is 0 Å². The smallest absolute Gasteiger partial charge is 0.223 e. The lowest BCUT2D eigenvalue weighted by Crippen LogP contribution is -2.35. The van der Waals surface area contributed by atoms with Gasteiger partial charge in [0.05, 0.1) is 11.9 Å². The fraction of sp³-hybridized carbons (Fsp3) is 0.278. The van der Waals surface area contributed by atoms with Crippen molar-refractivity contribution in [2.24, 2.45) is 0 Å². The quantitative estimate of drug-likeness (QED) is 0.797. The number of carbonyl (C=O) groups excluding carboxylic acids is 1. The Labute approximate surface area is 144 Å². The van der Waals surface area contributed by atoms with Gasteiger partial charge in [0.2, 0.25) is 5.91 Å². The molecule has 0 saturated heterocycles. The highest BCUT2D eigenvalue weighted by molar-refractivity contribution is 7.19. The van der Waals surface area contributed by atoms with Crippen molar-refractivity contribution in [2.75, 3.05) is 12.3 Å². The number of benzene rings is 1. The van der Waals surface area contributed by atoms with Gasteiger partial charge in [-0.1, -0.05) is 30.3 Å². The third-order valence-corrected chi connectivity index (χ3v) is 5.61. The van der Waals surface area contributed by atoms with Crippen LogP contribution in [0.15, 0.2) is 36.7 Å². The van der Waals surface area contributed by atoms with E-state index in [9.17, 15) is 4.79 Å². The lowest BCUT2D eigenvalue weighted by atomic mass is 10.0. The van der Waals surface area contributed by atoms with Crippen LogP contribution in [0.4, 0.5) is 5.82 Å². The second-order valence-electron chi connectivity index (χ2n) is 5.99. The van der Waals surface area contributed by atoms with E-state index in [0.717, 1.165) is 29.6 Å². The standard InChI is InChI=1S/C18H18N4OS/c19-17-16-13-8-9-22(10-14(13)24-18(16)21-11-20-17)15(23)7-6-12-4-2-1-3-5-12/h1-5,11H,6-10H2,(H2,19,20,21). The normalized spacial score (nSPS) is 13.9. The van der Waals surface area contributed by atoms with Crippen LogP contribution >= 0.6 is 11.3 Å². The zero-order valence-corrected chi connectivity index (χ0v) is 14.1. The largest absolute Gasteiger partial charge is 0.383 e. The summed E-state index contributed by atoms with van der Waals surface area (Å²) >= 11 is 1.62. The average Bonchev–Trinajstić information content (AvgIpc) is 2.99. The number of nitrogens with zero attached hydrogens (tertiary/aromatic N) is 3. The molecular weight excluding hydrogens is 320 g/mol. The van der Waals surface area contributed by atoms with Gasteiger partial charge in [0, 0.05) is 17.8 Å². The van der Waals surface area contributed by atoms with Crippen LogP contribution in [0.5, 0.6) is 0 Å². The van der Waals surface area contributed by atoms with Gasteiger partial charge in [-0.05, 0) is 24.0 Å². The first-order valence-corrected chi connectivity index (χ1v) is 8.86. The number of aromatic nitrogens is 2. The van der Waals surface area contributed by atoms with Crippen molar-refractivity contribution in [3.63, 3.8) is 0 Å². The number of rotatable bonds is 3. The van der Waals surface area contributed by atoms with Gasteiger partial charge in [-0.15, -0.1) is 11.3 Å². The topological polar surface area (TPSA) is 72.1 Å². The predicted molar refractivity (Wildman–Crippen MR) is 95.7 cm³/mol. The maximum Gasteiger partial charge on any atom is 0.223 e. The third kappa shape index (κ3) is 2.73. The second-order valence-corrected chi connectivity index (χ2v) is 7.08. The number of amides is 1. The van der Waals surface area contributed by atoms with Gasteiger partial charge >= 0.3 is 0 Å². The molecule has 0 aliphatic carbocycles. The van der Waals surface area contributed by atoms with Crippen molar-refractivity contribution in [3.05, 3.63) is 52.7 Å². The minimum absolute atomic E-state index is 0.209. The first-order chi connectivity index (χ1) is 11.7. The molecule has 0 radical (unpaired) electrons. The van der Waals surface area contributed by atoms with Gasteiger partial charge in [0.1, 0.15) is 17.0 Å². The summed E-state index contributed by atoms with van der Waals surface area (Å²) in [6.45, 7) is 1.39. The number of hydrogen-bond donors (Lipinski definition) is 1. The molecule has 0 bridgehead atoms. The molecule has 3 aromatic rings. The van der Waals surface area contributed by atoms with E-state index in [0.29, 0.717) is 18.8 Å². The summed E-state index contributed by atoms with van der Waals surface area (Å²) in [5.41, 5.74) is 8.43. The van der Waals surface area contributed by atoms with Gasteiger partial charge in [-0.2, -0.15) is 0 Å². The molecule has 0 atom stereocenters. The van der Waals surface area contributed by atoms with Crippen molar-refractivity contribution in [3.8, 4) is 0 Å². The Kier molecular flexibility index (Phi) is 3.90. The molecule has 1 amide bonds. The summed E-state index contributed by atoms with van der Waals surface area (Å²) in [5, 5.41) is 0.980. The summed E-state index contributed by atoms with van der Waals surface area (Å²) in [6.07, 6.45) is 3.66. The van der Waals surface area contributed by atoms with Gasteiger partial charge in [0.15, 0.2) is 0 Å². The number of fused-ring (bicyclic) bond motifs is 3. The molecule has 24 heavy (non-hydrogen) atoms. The third-order valence-electron chi connectivity index (χ3n) is 4.49. The Hall–Kier alpha value is -2.47. The Balaban J connectivity index is 1.49. The summed E-state index contributed by atoms with van der Waals surface area (Å²) in [6, 6.07) is 10.1. The van der Waals surface area contributed by atoms with Crippen LogP contribution in [-0.4, -0.2) is 27.3 Å². The fourth-order valence-corrected chi connectivity index (χ4v) is 4.43. The molecule has 0 fully saturated rings. The molecule has 1 aromatic carbocycles. The molecule has 0 unspecified atom stereocenters. The molecule has 0 saturated carbocycles. The number of anilines is 1. The van der Waals surface area contributed by atoms with Crippen LogP contribution in [-0.2, 0) is 24.2 Å². The highest BCUT2D eigenvalue weighted by Gasteiger charge is 2.25. The zero-order chi connectivity index (χ0) is 16.5. The predicted octanol–water partition coefficient (Wildman–Crippen LogP) is 2.79. The summed E-state index contributed by atoms with van der Waals surface area (Å²) in [7, 11) is 0. The first kappa shape index (κ1) is 15.1. The Morgan fingerprint density at radius 2 is 2.08 bits per heavy atom. The number of nitrogens with two attached hydrogens (primary N) is 1. The average molecular weight is 338 g/mol. The van der Waals surface area contributed by atoms with E-state index in [1.807, 2.05) is 23.1 Å². The van der Waals surface area contributed by atoms with Crippen LogP contribution in [0.25, 0.3) is 10.2 Å². The van der Waals surface area contributed by atoms with E-state index >= 15 is 0 Å². The maximum absolute atomic E-state index is 12.5. The second kappa shape index (κ2) is 6.20. The first-order valence-electron chi connectivity index (χ1n) is 8.05. The number of thiophene rings is 1. The molecule has 2 aromatic heterocycles. The van der Waals surface area contributed by atoms with E-state index < -0.39 is 0 Å². The molecule has 0 spiro atoms. The molecule has 1 aliphatic heterocycles. The zero-order valence-electron chi connectivity index (χ0n) is 13.2. The summed E-state index contributed by atoms with van der Waals surface area (Å²) < 4.78 is 0. The Morgan fingerprint density at radius 1 is 1.25 bits per heavy atom. The Bertz CT molecular complexity index is 891. The fourth-order valence-electron chi connectivity index (χ4n) is 3.22. The van der Waals surface area contributed by atoms with E-state index in [2.05, 4.69) is 22.1 Å². The van der Waals surface area contributed by atoms with Crippen molar-refractivity contribution < 1.29 is 4.79 Å². The summed E-state index contributed by atoms with van der Waals surface area (Å²) in [5.74, 6) is 0.752. The van der Waals surface area contributed by atoms with Crippen molar-refractivity contribution in [1.29, 1.82) is 0 Å². The highest BCUT2D eigenvalue weighted by atomic mass is 32.1. The van der Waals surface area contributed by atoms with Gasteiger partial charge in [-0.25, -0.2) is 9.97 Å². The number of aryl methyl sites for hydroxylation is 1. The van der Waals surface area contributed by atoms with Crippen molar-refractivity contribution >= 4 is 33.3 Å². The molecule has 3 heterocycles. The van der Waals surface area contributed by atoms with E-state index in [4.69, 9.17) is 5.73 Å². The lowest BCUT2D eigenvalue weighted by molar-refractivity contribution is -0.132. The van der Waals surface area contributed by atoms with Crippen molar-refractivity contribution in [1.82, 2.24) is 14.9 Å². The van der Waals surface area contributed by atoms with Gasteiger partial charge < -0.3 is 10.6 Å². The maximum atomic E-state index is 12.5. The van der Waals surface area contributed by atoms with Gasteiger partial charge in [-0.3, -0.25) is 4.79 Å². The minimum atomic E-state index is 0.209. The SMILES string of the molecule is Nc1ncnc2sc3c(c12)CCN(C(=O)CCc1ccccc1)C3. The molecule has 4 rings (SSSR count).